The summed E-state index contributed by atoms with van der Waals surface area (Å²) in [5.74, 6) is -2.12. The molecule has 0 spiro atoms. The van der Waals surface area contributed by atoms with E-state index in [1.807, 2.05) is 0 Å². The van der Waals surface area contributed by atoms with Crippen LogP contribution in [0.2, 0.25) is 0 Å². The Kier molecular flexibility index (Phi) is 10.0. The van der Waals surface area contributed by atoms with Crippen LogP contribution in [0.15, 0.2) is 0 Å². The first-order valence-electron chi connectivity index (χ1n) is 2.27. The van der Waals surface area contributed by atoms with Crippen molar-refractivity contribution in [2.45, 2.75) is 0 Å². The van der Waals surface area contributed by atoms with E-state index in [1.165, 1.54) is 0 Å². The average molecular weight is 173 g/mol. The van der Waals surface area contributed by atoms with Crippen LogP contribution in [0.25, 0.3) is 0 Å². The molecule has 5 nitrogen and oxygen atoms in total. The summed E-state index contributed by atoms with van der Waals surface area (Å²) in [7, 11) is 0. The molecule has 0 aromatic rings. The van der Waals surface area contributed by atoms with E-state index in [0.29, 0.717) is 0 Å². The molecule has 3 N–H and O–H groups in total. The molecule has 0 aliphatic heterocycles. The normalized spacial score (nSPS) is 8.00. The van der Waals surface area contributed by atoms with E-state index in [4.69, 9.17) is 10.2 Å². The molecule has 0 fully saturated rings. The molecule has 0 saturated carbocycles. The molecule has 0 atom stereocenters. The van der Waals surface area contributed by atoms with Gasteiger partial charge < -0.3 is 11.6 Å². The van der Waals surface area contributed by atoms with Gasteiger partial charge in [-0.3, -0.25) is 14.9 Å². The molecule has 0 rings (SSSR count). The van der Waals surface area contributed by atoms with Gasteiger partial charge in [0.05, 0.1) is 13.1 Å². The third-order valence-electron chi connectivity index (χ3n) is 0.552. The summed E-state index contributed by atoms with van der Waals surface area (Å²) < 4.78 is 0. The Bertz CT molecular complexity index is 117. The number of carboxylic acids is 2. The van der Waals surface area contributed by atoms with Crippen LogP contribution in [0, 0.1) is 0 Å². The number of rotatable bonds is 4. The van der Waals surface area contributed by atoms with Gasteiger partial charge in [0.15, 0.2) is 0 Å². The van der Waals surface area contributed by atoms with Crippen LogP contribution in [0.3, 0.4) is 0 Å². The molecule has 0 aromatic carbocycles. The molecular weight excluding hydrogens is 165 g/mol. The van der Waals surface area contributed by atoms with E-state index in [0.717, 1.165) is 0 Å². The zero-order valence-corrected chi connectivity index (χ0v) is 8.75. The third kappa shape index (κ3) is 11.3. The first-order valence-corrected chi connectivity index (χ1v) is 2.27. The van der Waals surface area contributed by atoms with Gasteiger partial charge in [0, 0.05) is 0 Å². The minimum atomic E-state index is -1.06. The number of carbonyl (C=O) groups is 2. The van der Waals surface area contributed by atoms with Crippen molar-refractivity contribution in [1.82, 2.24) is 5.32 Å². The number of carboxylic acid groups (broad SMARTS) is 2. The van der Waals surface area contributed by atoms with Crippen LogP contribution in [0.4, 0.5) is 0 Å². The van der Waals surface area contributed by atoms with Crippen molar-refractivity contribution in [3.8, 4) is 0 Å². The molecule has 0 aliphatic rings. The van der Waals surface area contributed by atoms with Crippen LogP contribution < -0.4 is 56.7 Å². The largest absolute Gasteiger partial charge is 1.00 e. The Hall–Kier alpha value is 0.536. The molecule has 6 heteroatoms. The zero-order chi connectivity index (χ0) is 7.28. The topological polar surface area (TPSA) is 86.6 Å². The first kappa shape index (κ1) is 13.1. The standard InChI is InChI=1S/C4H7NO4.K.H/c6-3(7)1-5-2-4(8)9;;/h5H,1-2H2,(H,6,7)(H,8,9);;/q;+1;-1. The molecule has 0 aliphatic carbocycles. The summed E-state index contributed by atoms with van der Waals surface area (Å²) in [5.41, 5.74) is 0. The minimum absolute atomic E-state index is 0. The predicted octanol–water partition coefficient (Wildman–Crippen LogP) is -4.14. The third-order valence-corrected chi connectivity index (χ3v) is 0.552. The summed E-state index contributed by atoms with van der Waals surface area (Å²) in [6.07, 6.45) is 0. The fourth-order valence-electron chi connectivity index (χ4n) is 0.276. The smallest absolute Gasteiger partial charge is 1.00 e. The van der Waals surface area contributed by atoms with Gasteiger partial charge in [-0.05, 0) is 0 Å². The maximum absolute atomic E-state index is 9.73. The Morgan fingerprint density at radius 2 is 1.50 bits per heavy atom. The fraction of sp³-hybridized carbons (Fsp3) is 0.500. The van der Waals surface area contributed by atoms with Gasteiger partial charge in [-0.25, -0.2) is 0 Å². The second-order valence-corrected chi connectivity index (χ2v) is 1.39. The average Bonchev–Trinajstić information content (AvgIpc) is 1.63. The predicted molar refractivity (Wildman–Crippen MR) is 29.3 cm³/mol. The summed E-state index contributed by atoms with van der Waals surface area (Å²) in [6, 6.07) is 0. The van der Waals surface area contributed by atoms with E-state index in [9.17, 15) is 9.59 Å². The molecule has 0 unspecified atom stereocenters. The number of hydrogen-bond donors (Lipinski definition) is 3. The van der Waals surface area contributed by atoms with E-state index in [1.54, 1.807) is 0 Å². The zero-order valence-electron chi connectivity index (χ0n) is 6.63. The van der Waals surface area contributed by atoms with E-state index < -0.39 is 11.9 Å². The molecule has 0 heterocycles. The maximum Gasteiger partial charge on any atom is 1.00 e. The van der Waals surface area contributed by atoms with Crippen molar-refractivity contribution < 1.29 is 72.6 Å². The van der Waals surface area contributed by atoms with Crippen molar-refractivity contribution in [2.24, 2.45) is 0 Å². The van der Waals surface area contributed by atoms with Crippen molar-refractivity contribution in [3.63, 3.8) is 0 Å². The van der Waals surface area contributed by atoms with Crippen molar-refractivity contribution in [1.29, 1.82) is 0 Å². The maximum atomic E-state index is 9.73. The summed E-state index contributed by atoms with van der Waals surface area (Å²) >= 11 is 0. The second kappa shape index (κ2) is 7.64. The molecule has 0 saturated heterocycles. The first-order chi connectivity index (χ1) is 4.13. The Labute approximate surface area is 102 Å². The second-order valence-electron chi connectivity index (χ2n) is 1.39. The number of nitrogens with one attached hydrogen (secondary N) is 1. The van der Waals surface area contributed by atoms with Gasteiger partial charge in [-0.1, -0.05) is 0 Å². The van der Waals surface area contributed by atoms with Gasteiger partial charge in [0.25, 0.3) is 0 Å². The van der Waals surface area contributed by atoms with Crippen molar-refractivity contribution >= 4 is 11.9 Å². The van der Waals surface area contributed by atoms with Crippen molar-refractivity contribution in [2.75, 3.05) is 13.1 Å². The van der Waals surface area contributed by atoms with Crippen LogP contribution in [0.1, 0.15) is 1.43 Å². The molecule has 0 amide bonds. The van der Waals surface area contributed by atoms with Gasteiger partial charge in [-0.2, -0.15) is 0 Å². The van der Waals surface area contributed by atoms with Gasteiger partial charge >= 0.3 is 63.3 Å². The molecule has 0 aromatic heterocycles. The number of hydrogen-bond acceptors (Lipinski definition) is 3. The summed E-state index contributed by atoms with van der Waals surface area (Å²) in [5, 5.41) is 18.1. The van der Waals surface area contributed by atoms with Gasteiger partial charge in [-0.15, -0.1) is 0 Å². The molecular formula is C4H8KNO4. The van der Waals surface area contributed by atoms with Crippen LogP contribution >= 0.6 is 0 Å². The summed E-state index contributed by atoms with van der Waals surface area (Å²) in [6.45, 7) is -0.626. The van der Waals surface area contributed by atoms with Gasteiger partial charge in [0.2, 0.25) is 0 Å². The summed E-state index contributed by atoms with van der Waals surface area (Å²) in [4.78, 5) is 19.5. The van der Waals surface area contributed by atoms with Crippen LogP contribution in [-0.4, -0.2) is 35.2 Å². The van der Waals surface area contributed by atoms with Gasteiger partial charge in [0.1, 0.15) is 0 Å². The molecule has 54 valence electrons. The van der Waals surface area contributed by atoms with E-state index >= 15 is 0 Å². The minimum Gasteiger partial charge on any atom is -1.00 e. The SMILES string of the molecule is O=C(O)CNCC(=O)O.[H-].[K+]. The number of aliphatic carboxylic acids is 2. The molecule has 0 bridgehead atoms. The molecule has 0 radical (unpaired) electrons. The Morgan fingerprint density at radius 3 is 1.70 bits per heavy atom. The molecule has 10 heavy (non-hydrogen) atoms. The van der Waals surface area contributed by atoms with Crippen molar-refractivity contribution in [3.05, 3.63) is 0 Å². The quantitative estimate of drug-likeness (QED) is 0.376. The van der Waals surface area contributed by atoms with E-state index in [-0.39, 0.29) is 65.9 Å². The monoisotopic (exact) mass is 173 g/mol. The Balaban J connectivity index is -0.000000320. The van der Waals surface area contributed by atoms with Crippen LogP contribution in [-0.2, 0) is 9.59 Å². The van der Waals surface area contributed by atoms with Crippen LogP contribution in [0.5, 0.6) is 0 Å². The van der Waals surface area contributed by atoms with E-state index in [2.05, 4.69) is 5.32 Å². The Morgan fingerprint density at radius 1 is 1.20 bits per heavy atom. The fourth-order valence-corrected chi connectivity index (χ4v) is 0.276.